The van der Waals surface area contributed by atoms with Gasteiger partial charge < -0.3 is 20.3 Å². The second-order valence-corrected chi connectivity index (χ2v) is 8.75. The summed E-state index contributed by atoms with van der Waals surface area (Å²) in [5, 5.41) is 5.62. The number of rotatable bonds is 6. The smallest absolute Gasteiger partial charge is 0.315 e. The first-order valence-electron chi connectivity index (χ1n) is 8.43. The van der Waals surface area contributed by atoms with Crippen molar-refractivity contribution in [2.45, 2.75) is 38.3 Å². The van der Waals surface area contributed by atoms with E-state index in [1.807, 2.05) is 0 Å². The quantitative estimate of drug-likeness (QED) is 0.718. The van der Waals surface area contributed by atoms with Gasteiger partial charge in [0.25, 0.3) is 0 Å². The Bertz CT molecular complexity index is 489. The SMILES string of the molecule is CCCN1CCC(CNC(=O)NC2CS(=O)(=O)CC2OC)CC1. The van der Waals surface area contributed by atoms with E-state index in [0.29, 0.717) is 12.5 Å². The molecule has 2 amide bonds. The van der Waals surface area contributed by atoms with Gasteiger partial charge in [-0.2, -0.15) is 0 Å². The summed E-state index contributed by atoms with van der Waals surface area (Å²) in [7, 11) is -1.65. The number of piperidine rings is 1. The standard InChI is InChI=1S/C15H29N3O4S/c1-3-6-18-7-4-12(5-8-18)9-16-15(19)17-13-10-23(20,21)11-14(13)22-2/h12-14H,3-11H2,1-2H3,(H2,16,17,19). The molecule has 2 N–H and O–H groups in total. The lowest BCUT2D eigenvalue weighted by atomic mass is 9.97. The maximum absolute atomic E-state index is 12.0. The fourth-order valence-electron chi connectivity index (χ4n) is 3.37. The van der Waals surface area contributed by atoms with Crippen molar-refractivity contribution in [2.24, 2.45) is 5.92 Å². The second-order valence-electron chi connectivity index (χ2n) is 6.60. The number of hydrogen-bond donors (Lipinski definition) is 2. The first-order chi connectivity index (χ1) is 10.9. The van der Waals surface area contributed by atoms with Crippen LogP contribution in [0.25, 0.3) is 0 Å². The van der Waals surface area contributed by atoms with Gasteiger partial charge in [0.05, 0.1) is 23.7 Å². The predicted molar refractivity (Wildman–Crippen MR) is 89.2 cm³/mol. The van der Waals surface area contributed by atoms with Crippen molar-refractivity contribution >= 4 is 15.9 Å². The fraction of sp³-hybridized carbons (Fsp3) is 0.933. The molecule has 2 heterocycles. The van der Waals surface area contributed by atoms with Crippen molar-refractivity contribution in [3.63, 3.8) is 0 Å². The van der Waals surface area contributed by atoms with Crippen molar-refractivity contribution in [2.75, 3.05) is 44.8 Å². The average molecular weight is 347 g/mol. The molecule has 8 heteroatoms. The number of carbonyl (C=O) groups is 1. The molecule has 0 bridgehead atoms. The van der Waals surface area contributed by atoms with Gasteiger partial charge in [-0.15, -0.1) is 0 Å². The van der Waals surface area contributed by atoms with E-state index in [4.69, 9.17) is 4.74 Å². The maximum Gasteiger partial charge on any atom is 0.315 e. The summed E-state index contributed by atoms with van der Waals surface area (Å²) >= 11 is 0. The number of sulfone groups is 1. The number of ether oxygens (including phenoxy) is 1. The van der Waals surface area contributed by atoms with E-state index in [1.54, 1.807) is 0 Å². The molecule has 7 nitrogen and oxygen atoms in total. The number of hydrogen-bond acceptors (Lipinski definition) is 5. The highest BCUT2D eigenvalue weighted by atomic mass is 32.2. The van der Waals surface area contributed by atoms with Gasteiger partial charge in [-0.1, -0.05) is 6.92 Å². The van der Waals surface area contributed by atoms with E-state index >= 15 is 0 Å². The number of nitrogens with zero attached hydrogens (tertiary/aromatic N) is 1. The van der Waals surface area contributed by atoms with Gasteiger partial charge in [-0.05, 0) is 44.8 Å². The summed E-state index contributed by atoms with van der Waals surface area (Å²) in [5.41, 5.74) is 0. The zero-order valence-corrected chi connectivity index (χ0v) is 14.9. The van der Waals surface area contributed by atoms with Gasteiger partial charge in [0.15, 0.2) is 9.84 Å². The van der Waals surface area contributed by atoms with Crippen molar-refractivity contribution in [1.29, 1.82) is 0 Å². The largest absolute Gasteiger partial charge is 0.378 e. The average Bonchev–Trinajstić information content (AvgIpc) is 2.80. The Kier molecular flexibility index (Phi) is 6.67. The molecule has 2 aliphatic rings. The molecule has 23 heavy (non-hydrogen) atoms. The Morgan fingerprint density at radius 1 is 1.26 bits per heavy atom. The number of urea groups is 1. The van der Waals surface area contributed by atoms with Crippen LogP contribution in [0.1, 0.15) is 26.2 Å². The van der Waals surface area contributed by atoms with E-state index in [-0.39, 0.29) is 17.5 Å². The van der Waals surface area contributed by atoms with Crippen molar-refractivity contribution in [3.8, 4) is 0 Å². The summed E-state index contributed by atoms with van der Waals surface area (Å²) in [6, 6.07) is -0.762. The number of likely N-dealkylation sites (tertiary alicyclic amines) is 1. The van der Waals surface area contributed by atoms with Gasteiger partial charge in [0.2, 0.25) is 0 Å². The highest BCUT2D eigenvalue weighted by Crippen LogP contribution is 2.17. The van der Waals surface area contributed by atoms with Gasteiger partial charge in [-0.25, -0.2) is 13.2 Å². The highest BCUT2D eigenvalue weighted by Gasteiger charge is 2.38. The molecule has 2 aliphatic heterocycles. The predicted octanol–water partition coefficient (Wildman–Crippen LogP) is 0.220. The van der Waals surface area contributed by atoms with E-state index in [9.17, 15) is 13.2 Å². The van der Waals surface area contributed by atoms with Crippen LogP contribution in [-0.4, -0.2) is 76.3 Å². The Hall–Kier alpha value is -0.860. The lowest BCUT2D eigenvalue weighted by molar-refractivity contribution is 0.101. The van der Waals surface area contributed by atoms with E-state index < -0.39 is 22.0 Å². The minimum absolute atomic E-state index is 0.0235. The normalized spacial score (nSPS) is 28.6. The third-order valence-corrected chi connectivity index (χ3v) is 6.42. The molecule has 0 spiro atoms. The maximum atomic E-state index is 12.0. The minimum Gasteiger partial charge on any atom is -0.378 e. The van der Waals surface area contributed by atoms with Gasteiger partial charge >= 0.3 is 6.03 Å². The van der Waals surface area contributed by atoms with Crippen LogP contribution in [0.5, 0.6) is 0 Å². The molecule has 0 aromatic rings. The summed E-state index contributed by atoms with van der Waals surface area (Å²) < 4.78 is 28.4. The van der Waals surface area contributed by atoms with Crippen molar-refractivity contribution < 1.29 is 17.9 Å². The topological polar surface area (TPSA) is 87.7 Å². The summed E-state index contributed by atoms with van der Waals surface area (Å²) in [6.45, 7) is 6.16. The molecule has 2 saturated heterocycles. The molecule has 2 atom stereocenters. The summed E-state index contributed by atoms with van der Waals surface area (Å²) in [5.74, 6) is 0.429. The van der Waals surface area contributed by atoms with Gasteiger partial charge in [0.1, 0.15) is 0 Å². The molecule has 0 aromatic heterocycles. The van der Waals surface area contributed by atoms with Gasteiger partial charge in [-0.3, -0.25) is 0 Å². The number of nitrogens with one attached hydrogen (secondary N) is 2. The second kappa shape index (κ2) is 8.30. The molecule has 0 aliphatic carbocycles. The van der Waals surface area contributed by atoms with Crippen LogP contribution >= 0.6 is 0 Å². The first-order valence-corrected chi connectivity index (χ1v) is 10.3. The Morgan fingerprint density at radius 3 is 2.57 bits per heavy atom. The minimum atomic E-state index is -3.12. The Labute approximate surface area is 139 Å². The van der Waals surface area contributed by atoms with Crippen LogP contribution in [0.2, 0.25) is 0 Å². The fourth-order valence-corrected chi connectivity index (χ4v) is 5.22. The lowest BCUT2D eigenvalue weighted by Gasteiger charge is -2.31. The zero-order valence-electron chi connectivity index (χ0n) is 14.1. The van der Waals surface area contributed by atoms with Crippen LogP contribution in [0.3, 0.4) is 0 Å². The Balaban J connectivity index is 1.69. The molecule has 2 fully saturated rings. The molecule has 0 radical (unpaired) electrons. The van der Waals surface area contributed by atoms with Crippen LogP contribution in [-0.2, 0) is 14.6 Å². The monoisotopic (exact) mass is 347 g/mol. The molecule has 2 unspecified atom stereocenters. The summed E-state index contributed by atoms with van der Waals surface area (Å²) in [4.78, 5) is 14.5. The van der Waals surface area contributed by atoms with E-state index in [2.05, 4.69) is 22.5 Å². The number of carbonyl (C=O) groups excluding carboxylic acids is 1. The molecule has 134 valence electrons. The first kappa shape index (κ1) is 18.5. The summed E-state index contributed by atoms with van der Waals surface area (Å²) in [6.07, 6.45) is 2.91. The van der Waals surface area contributed by atoms with E-state index in [0.717, 1.165) is 32.5 Å². The van der Waals surface area contributed by atoms with Crippen LogP contribution in [0.4, 0.5) is 4.79 Å². The number of amides is 2. The van der Waals surface area contributed by atoms with Crippen LogP contribution < -0.4 is 10.6 Å². The zero-order chi connectivity index (χ0) is 16.9. The van der Waals surface area contributed by atoms with Crippen molar-refractivity contribution in [3.05, 3.63) is 0 Å². The van der Waals surface area contributed by atoms with Gasteiger partial charge in [0, 0.05) is 13.7 Å². The van der Waals surface area contributed by atoms with Crippen LogP contribution in [0, 0.1) is 5.92 Å². The third kappa shape index (κ3) is 5.61. The lowest BCUT2D eigenvalue weighted by Crippen LogP contribution is -2.49. The molecule has 0 aromatic carbocycles. The highest BCUT2D eigenvalue weighted by molar-refractivity contribution is 7.91. The van der Waals surface area contributed by atoms with Crippen molar-refractivity contribution in [1.82, 2.24) is 15.5 Å². The molecule has 2 rings (SSSR count). The van der Waals surface area contributed by atoms with E-state index in [1.165, 1.54) is 13.5 Å². The third-order valence-electron chi connectivity index (χ3n) is 4.72. The number of methoxy groups -OCH3 is 1. The molecular weight excluding hydrogens is 318 g/mol. The van der Waals surface area contributed by atoms with Crippen LogP contribution in [0.15, 0.2) is 0 Å². The Morgan fingerprint density at radius 2 is 1.96 bits per heavy atom. The molecular formula is C15H29N3O4S. The molecule has 0 saturated carbocycles.